The summed E-state index contributed by atoms with van der Waals surface area (Å²) in [4.78, 5) is 13.0. The molecule has 0 saturated heterocycles. The summed E-state index contributed by atoms with van der Waals surface area (Å²) >= 11 is 0. The van der Waals surface area contributed by atoms with Gasteiger partial charge in [0.15, 0.2) is 11.6 Å². The molecule has 1 atom stereocenters. The number of nitrogens with one attached hydrogen (secondary N) is 2. The van der Waals surface area contributed by atoms with E-state index in [2.05, 4.69) is 25.6 Å². The molecule has 1 aromatic carbocycles. The van der Waals surface area contributed by atoms with E-state index >= 15 is 0 Å². The minimum Gasteiger partial charge on any atom is -0.394 e. The van der Waals surface area contributed by atoms with Crippen molar-refractivity contribution in [2.75, 3.05) is 17.2 Å². The maximum atomic E-state index is 13.5. The molecule has 0 aliphatic heterocycles. The minimum absolute atomic E-state index is 0.0793. The van der Waals surface area contributed by atoms with Crippen LogP contribution in [0.15, 0.2) is 48.8 Å². The molecule has 146 valence electrons. The number of nitrogens with zero attached hydrogens (tertiary/aromatic N) is 3. The zero-order valence-corrected chi connectivity index (χ0v) is 15.5. The van der Waals surface area contributed by atoms with Gasteiger partial charge in [-0.25, -0.2) is 13.8 Å². The van der Waals surface area contributed by atoms with Crippen LogP contribution in [-0.4, -0.2) is 32.7 Å². The van der Waals surface area contributed by atoms with Crippen molar-refractivity contribution < 1.29 is 13.9 Å². The quantitative estimate of drug-likeness (QED) is 0.570. The molecule has 0 saturated carbocycles. The normalized spacial score (nSPS) is 12.1. The third-order valence-electron chi connectivity index (χ3n) is 4.19. The van der Waals surface area contributed by atoms with E-state index < -0.39 is 11.6 Å². The first kappa shape index (κ1) is 19.6. The van der Waals surface area contributed by atoms with Gasteiger partial charge in [0.05, 0.1) is 18.3 Å². The molecule has 0 aliphatic carbocycles. The molecule has 3 aromatic rings. The van der Waals surface area contributed by atoms with Gasteiger partial charge in [0.2, 0.25) is 5.95 Å². The van der Waals surface area contributed by atoms with Crippen LogP contribution in [0.2, 0.25) is 0 Å². The second-order valence-electron chi connectivity index (χ2n) is 6.64. The predicted octanol–water partition coefficient (Wildman–Crippen LogP) is 3.99. The van der Waals surface area contributed by atoms with Gasteiger partial charge in [0, 0.05) is 35.8 Å². The molecule has 2 heterocycles. The SMILES string of the molecule is CC(C)[C@H](CO)Nc1nc(Nc2ccc(F)c(F)c2)cc(-c2cccnc2)n1. The van der Waals surface area contributed by atoms with Gasteiger partial charge in [0.1, 0.15) is 5.82 Å². The molecule has 3 N–H and O–H groups in total. The summed E-state index contributed by atoms with van der Waals surface area (Å²) < 4.78 is 26.7. The van der Waals surface area contributed by atoms with Crippen LogP contribution < -0.4 is 10.6 Å². The molecule has 0 aliphatic rings. The van der Waals surface area contributed by atoms with E-state index in [-0.39, 0.29) is 18.6 Å². The number of pyridine rings is 1. The Kier molecular flexibility index (Phi) is 6.10. The lowest BCUT2D eigenvalue weighted by Gasteiger charge is -2.20. The number of rotatable bonds is 7. The summed E-state index contributed by atoms with van der Waals surface area (Å²) in [5.74, 6) is -1.03. The van der Waals surface area contributed by atoms with Crippen molar-refractivity contribution in [3.63, 3.8) is 0 Å². The van der Waals surface area contributed by atoms with Gasteiger partial charge in [-0.1, -0.05) is 13.8 Å². The van der Waals surface area contributed by atoms with Gasteiger partial charge in [-0.2, -0.15) is 4.98 Å². The van der Waals surface area contributed by atoms with E-state index in [9.17, 15) is 13.9 Å². The molecule has 3 rings (SSSR count). The Hall–Kier alpha value is -3.13. The van der Waals surface area contributed by atoms with E-state index in [1.165, 1.54) is 6.07 Å². The second-order valence-corrected chi connectivity index (χ2v) is 6.64. The van der Waals surface area contributed by atoms with E-state index in [1.807, 2.05) is 19.9 Å². The Morgan fingerprint density at radius 2 is 1.89 bits per heavy atom. The highest BCUT2D eigenvalue weighted by Gasteiger charge is 2.15. The van der Waals surface area contributed by atoms with Gasteiger partial charge in [-0.3, -0.25) is 4.98 Å². The standard InChI is InChI=1S/C20H21F2N5O/c1-12(2)18(11-28)26-20-25-17(13-4-3-7-23-10-13)9-19(27-20)24-14-5-6-15(21)16(22)8-14/h3-10,12,18,28H,11H2,1-2H3,(H2,24,25,26,27)/t18-/m0/s1. The van der Waals surface area contributed by atoms with Gasteiger partial charge in [-0.05, 0) is 30.2 Å². The molecule has 0 fully saturated rings. The monoisotopic (exact) mass is 385 g/mol. The molecule has 0 amide bonds. The molecule has 0 bridgehead atoms. The molecular weight excluding hydrogens is 364 g/mol. The van der Waals surface area contributed by atoms with Crippen LogP contribution in [0.1, 0.15) is 13.8 Å². The first-order valence-electron chi connectivity index (χ1n) is 8.85. The molecule has 28 heavy (non-hydrogen) atoms. The van der Waals surface area contributed by atoms with Crippen LogP contribution in [0, 0.1) is 17.6 Å². The van der Waals surface area contributed by atoms with Crippen LogP contribution in [0.25, 0.3) is 11.3 Å². The third kappa shape index (κ3) is 4.77. The van der Waals surface area contributed by atoms with Crippen molar-refractivity contribution in [1.82, 2.24) is 15.0 Å². The van der Waals surface area contributed by atoms with E-state index in [0.717, 1.165) is 17.7 Å². The molecule has 2 aromatic heterocycles. The largest absolute Gasteiger partial charge is 0.394 e. The maximum absolute atomic E-state index is 13.5. The Labute approximate surface area is 161 Å². The number of halogens is 2. The highest BCUT2D eigenvalue weighted by atomic mass is 19.2. The van der Waals surface area contributed by atoms with E-state index in [0.29, 0.717) is 23.1 Å². The molecule has 0 unspecified atom stereocenters. The van der Waals surface area contributed by atoms with Crippen molar-refractivity contribution in [1.29, 1.82) is 0 Å². The topological polar surface area (TPSA) is 83.0 Å². The summed E-state index contributed by atoms with van der Waals surface area (Å²) in [6.07, 6.45) is 3.32. The fraction of sp³-hybridized carbons (Fsp3) is 0.250. The molecule has 6 nitrogen and oxygen atoms in total. The molecule has 0 radical (unpaired) electrons. The summed E-state index contributed by atoms with van der Waals surface area (Å²) in [5.41, 5.74) is 1.71. The fourth-order valence-corrected chi connectivity index (χ4v) is 2.55. The van der Waals surface area contributed by atoms with Crippen LogP contribution in [-0.2, 0) is 0 Å². The fourth-order valence-electron chi connectivity index (χ4n) is 2.55. The Morgan fingerprint density at radius 1 is 1.07 bits per heavy atom. The van der Waals surface area contributed by atoms with Gasteiger partial charge < -0.3 is 15.7 Å². The van der Waals surface area contributed by atoms with Gasteiger partial charge in [0.25, 0.3) is 0 Å². The first-order chi connectivity index (χ1) is 13.5. The minimum atomic E-state index is -0.954. The number of hydrogen-bond donors (Lipinski definition) is 3. The third-order valence-corrected chi connectivity index (χ3v) is 4.19. The van der Waals surface area contributed by atoms with E-state index in [1.54, 1.807) is 24.5 Å². The van der Waals surface area contributed by atoms with Crippen molar-refractivity contribution in [3.05, 3.63) is 60.4 Å². The van der Waals surface area contributed by atoms with E-state index in [4.69, 9.17) is 0 Å². The summed E-state index contributed by atoms with van der Waals surface area (Å²) in [7, 11) is 0. The number of hydrogen-bond acceptors (Lipinski definition) is 6. The van der Waals surface area contributed by atoms with Crippen molar-refractivity contribution >= 4 is 17.5 Å². The highest BCUT2D eigenvalue weighted by Crippen LogP contribution is 2.24. The lowest BCUT2D eigenvalue weighted by atomic mass is 10.1. The zero-order chi connectivity index (χ0) is 20.1. The smallest absolute Gasteiger partial charge is 0.225 e. The summed E-state index contributed by atoms with van der Waals surface area (Å²) in [6, 6.07) is 8.61. The molecular formula is C20H21F2N5O. The molecule has 0 spiro atoms. The lowest BCUT2D eigenvalue weighted by molar-refractivity contribution is 0.248. The Balaban J connectivity index is 1.97. The maximum Gasteiger partial charge on any atom is 0.225 e. The lowest BCUT2D eigenvalue weighted by Crippen LogP contribution is -2.30. The predicted molar refractivity (Wildman–Crippen MR) is 104 cm³/mol. The van der Waals surface area contributed by atoms with Gasteiger partial charge in [-0.15, -0.1) is 0 Å². The Morgan fingerprint density at radius 3 is 2.54 bits per heavy atom. The van der Waals surface area contributed by atoms with Crippen molar-refractivity contribution in [2.45, 2.75) is 19.9 Å². The first-order valence-corrected chi connectivity index (χ1v) is 8.85. The number of benzene rings is 1. The number of anilines is 3. The average molecular weight is 385 g/mol. The number of aliphatic hydroxyl groups is 1. The summed E-state index contributed by atoms with van der Waals surface area (Å²) in [6.45, 7) is 3.86. The number of aromatic nitrogens is 3. The Bertz CT molecular complexity index is 937. The van der Waals surface area contributed by atoms with Crippen LogP contribution in [0.5, 0.6) is 0 Å². The summed E-state index contributed by atoms with van der Waals surface area (Å²) in [5, 5.41) is 15.7. The van der Waals surface area contributed by atoms with Crippen LogP contribution >= 0.6 is 0 Å². The van der Waals surface area contributed by atoms with Gasteiger partial charge >= 0.3 is 0 Å². The molecule has 8 heteroatoms. The zero-order valence-electron chi connectivity index (χ0n) is 15.5. The van der Waals surface area contributed by atoms with Crippen molar-refractivity contribution in [3.8, 4) is 11.3 Å². The van der Waals surface area contributed by atoms with Crippen LogP contribution in [0.3, 0.4) is 0 Å². The highest BCUT2D eigenvalue weighted by molar-refractivity contribution is 5.66. The second kappa shape index (κ2) is 8.71. The average Bonchev–Trinajstić information content (AvgIpc) is 2.69. The number of aliphatic hydroxyl groups excluding tert-OH is 1. The van der Waals surface area contributed by atoms with Crippen LogP contribution in [0.4, 0.5) is 26.2 Å². The van der Waals surface area contributed by atoms with Crippen molar-refractivity contribution in [2.24, 2.45) is 5.92 Å².